The number of aromatic amines is 1. The van der Waals surface area contributed by atoms with E-state index in [-0.39, 0.29) is 17.3 Å². The van der Waals surface area contributed by atoms with Crippen LogP contribution in [0.25, 0.3) is 0 Å². The average Bonchev–Trinajstić information content (AvgIpc) is 2.93. The number of aryl methyl sites for hydroxylation is 1. The van der Waals surface area contributed by atoms with E-state index in [0.29, 0.717) is 5.56 Å². The lowest BCUT2D eigenvalue weighted by Crippen LogP contribution is -2.16. The number of nitro groups is 1. The molecule has 0 aliphatic heterocycles. The molecule has 0 saturated carbocycles. The largest absolute Gasteiger partial charge is 0.475 e. The molecule has 128 valence electrons. The Morgan fingerprint density at radius 2 is 2.17 bits per heavy atom. The van der Waals surface area contributed by atoms with Gasteiger partial charge in [-0.3, -0.25) is 20.0 Å². The van der Waals surface area contributed by atoms with Crippen molar-refractivity contribution < 1.29 is 28.0 Å². The standard InChI is InChI=1S/C13H12F2N4O5/c1-6-3-4-7(8(5-6)24-13(14)15)16-11(20)9-10(19(21)22)12(23-2)18-17-9/h3-5,13H,1-2H3,(H,16,20)(H,17,18). The second kappa shape index (κ2) is 6.89. The number of rotatable bonds is 6. The Morgan fingerprint density at radius 3 is 2.75 bits per heavy atom. The van der Waals surface area contributed by atoms with Gasteiger partial charge in [-0.2, -0.15) is 8.78 Å². The topological polar surface area (TPSA) is 119 Å². The Bertz CT molecular complexity index is 778. The molecule has 0 spiro atoms. The number of aromatic nitrogens is 2. The minimum absolute atomic E-state index is 0.0752. The normalized spacial score (nSPS) is 10.5. The maximum atomic E-state index is 12.5. The van der Waals surface area contributed by atoms with E-state index in [9.17, 15) is 23.7 Å². The molecule has 1 amide bonds. The summed E-state index contributed by atoms with van der Waals surface area (Å²) in [4.78, 5) is 22.4. The van der Waals surface area contributed by atoms with Crippen LogP contribution in [-0.2, 0) is 0 Å². The molecule has 0 bridgehead atoms. The zero-order valence-electron chi connectivity index (χ0n) is 12.5. The molecule has 0 aliphatic rings. The first-order valence-electron chi connectivity index (χ1n) is 6.47. The maximum Gasteiger partial charge on any atom is 0.387 e. The summed E-state index contributed by atoms with van der Waals surface area (Å²) < 4.78 is 33.9. The van der Waals surface area contributed by atoms with Crippen LogP contribution in [0.15, 0.2) is 18.2 Å². The van der Waals surface area contributed by atoms with Gasteiger partial charge in [-0.1, -0.05) is 6.07 Å². The lowest BCUT2D eigenvalue weighted by atomic mass is 10.2. The van der Waals surface area contributed by atoms with Gasteiger partial charge in [0, 0.05) is 0 Å². The smallest absolute Gasteiger partial charge is 0.387 e. The first kappa shape index (κ1) is 17.1. The highest BCUT2D eigenvalue weighted by atomic mass is 19.3. The van der Waals surface area contributed by atoms with E-state index in [1.807, 2.05) is 0 Å². The summed E-state index contributed by atoms with van der Waals surface area (Å²) in [5.41, 5.74) is -0.606. The summed E-state index contributed by atoms with van der Waals surface area (Å²) >= 11 is 0. The van der Waals surface area contributed by atoms with Crippen molar-refractivity contribution in [2.75, 3.05) is 12.4 Å². The third-order valence-electron chi connectivity index (χ3n) is 2.91. The van der Waals surface area contributed by atoms with Crippen LogP contribution in [-0.4, -0.2) is 34.7 Å². The number of hydrogen-bond donors (Lipinski definition) is 2. The Labute approximate surface area is 133 Å². The van der Waals surface area contributed by atoms with Crippen LogP contribution >= 0.6 is 0 Å². The highest BCUT2D eigenvalue weighted by Gasteiger charge is 2.30. The SMILES string of the molecule is COc1n[nH]c(C(=O)Nc2ccc(C)cc2OC(F)F)c1[N+](=O)[O-]. The van der Waals surface area contributed by atoms with E-state index in [4.69, 9.17) is 4.74 Å². The van der Waals surface area contributed by atoms with Crippen molar-refractivity contribution >= 4 is 17.3 Å². The number of amides is 1. The summed E-state index contributed by atoms with van der Waals surface area (Å²) in [7, 11) is 1.15. The molecular formula is C13H12F2N4O5. The maximum absolute atomic E-state index is 12.5. The number of carbonyl (C=O) groups excluding carboxylic acids is 1. The number of methoxy groups -OCH3 is 1. The number of ether oxygens (including phenoxy) is 2. The van der Waals surface area contributed by atoms with Crippen LogP contribution in [0.5, 0.6) is 11.6 Å². The van der Waals surface area contributed by atoms with Crippen LogP contribution < -0.4 is 14.8 Å². The van der Waals surface area contributed by atoms with Crippen molar-refractivity contribution in [3.63, 3.8) is 0 Å². The predicted octanol–water partition coefficient (Wildman–Crippen LogP) is 2.49. The average molecular weight is 342 g/mol. The molecule has 0 atom stereocenters. The molecule has 2 aromatic rings. The Balaban J connectivity index is 2.34. The molecule has 0 fully saturated rings. The molecule has 0 saturated heterocycles. The van der Waals surface area contributed by atoms with E-state index >= 15 is 0 Å². The number of alkyl halides is 2. The minimum atomic E-state index is -3.09. The highest BCUT2D eigenvalue weighted by Crippen LogP contribution is 2.31. The van der Waals surface area contributed by atoms with Gasteiger partial charge in [-0.15, -0.1) is 5.10 Å². The molecule has 0 radical (unpaired) electrons. The fourth-order valence-electron chi connectivity index (χ4n) is 1.90. The number of carbonyl (C=O) groups is 1. The number of benzene rings is 1. The summed E-state index contributed by atoms with van der Waals surface area (Å²) in [6, 6.07) is 4.18. The van der Waals surface area contributed by atoms with Gasteiger partial charge in [-0.25, -0.2) is 0 Å². The lowest BCUT2D eigenvalue weighted by molar-refractivity contribution is -0.386. The fraction of sp³-hybridized carbons (Fsp3) is 0.231. The summed E-state index contributed by atoms with van der Waals surface area (Å²) in [5.74, 6) is -1.61. The van der Waals surface area contributed by atoms with Crippen LogP contribution in [0.2, 0.25) is 0 Å². The number of hydrogen-bond acceptors (Lipinski definition) is 6. The third kappa shape index (κ3) is 3.56. The zero-order chi connectivity index (χ0) is 17.9. The second-order valence-corrected chi connectivity index (χ2v) is 4.55. The van der Waals surface area contributed by atoms with Crippen molar-refractivity contribution in [1.29, 1.82) is 0 Å². The molecule has 1 heterocycles. The Kier molecular flexibility index (Phi) is 4.92. The van der Waals surface area contributed by atoms with Crippen LogP contribution in [0.1, 0.15) is 16.1 Å². The van der Waals surface area contributed by atoms with Crippen molar-refractivity contribution in [2.24, 2.45) is 0 Å². The number of halogens is 2. The van der Waals surface area contributed by atoms with Gasteiger partial charge in [0.1, 0.15) is 5.75 Å². The van der Waals surface area contributed by atoms with E-state index < -0.39 is 28.8 Å². The third-order valence-corrected chi connectivity index (χ3v) is 2.91. The number of H-pyrrole nitrogens is 1. The number of nitrogens with zero attached hydrogens (tertiary/aromatic N) is 2. The second-order valence-electron chi connectivity index (χ2n) is 4.55. The van der Waals surface area contributed by atoms with Crippen molar-refractivity contribution in [3.8, 4) is 11.6 Å². The Hall–Kier alpha value is -3.24. The van der Waals surface area contributed by atoms with Gasteiger partial charge in [-0.05, 0) is 24.6 Å². The first-order chi connectivity index (χ1) is 11.3. The van der Waals surface area contributed by atoms with Gasteiger partial charge >= 0.3 is 18.2 Å². The molecule has 2 N–H and O–H groups in total. The van der Waals surface area contributed by atoms with Gasteiger partial charge in [0.15, 0.2) is 0 Å². The van der Waals surface area contributed by atoms with Crippen molar-refractivity contribution in [1.82, 2.24) is 10.2 Å². The molecular weight excluding hydrogens is 330 g/mol. The molecule has 0 unspecified atom stereocenters. The van der Waals surface area contributed by atoms with E-state index in [1.54, 1.807) is 13.0 Å². The molecule has 1 aromatic carbocycles. The molecule has 2 rings (SSSR count). The van der Waals surface area contributed by atoms with E-state index in [0.717, 1.165) is 7.11 Å². The van der Waals surface area contributed by atoms with E-state index in [1.165, 1.54) is 12.1 Å². The summed E-state index contributed by atoms with van der Waals surface area (Å²) in [5, 5.41) is 19.0. The summed E-state index contributed by atoms with van der Waals surface area (Å²) in [6.45, 7) is -1.45. The summed E-state index contributed by atoms with van der Waals surface area (Å²) in [6.07, 6.45) is 0. The molecule has 1 aromatic heterocycles. The van der Waals surface area contributed by atoms with Crippen LogP contribution in [0.4, 0.5) is 20.2 Å². The first-order valence-corrected chi connectivity index (χ1v) is 6.47. The van der Waals surface area contributed by atoms with Gasteiger partial charge in [0.2, 0.25) is 5.69 Å². The highest BCUT2D eigenvalue weighted by molar-refractivity contribution is 6.06. The van der Waals surface area contributed by atoms with Gasteiger partial charge in [0.05, 0.1) is 17.7 Å². The molecule has 0 aliphatic carbocycles. The van der Waals surface area contributed by atoms with Crippen LogP contribution in [0.3, 0.4) is 0 Å². The molecule has 24 heavy (non-hydrogen) atoms. The van der Waals surface area contributed by atoms with Crippen molar-refractivity contribution in [2.45, 2.75) is 13.5 Å². The monoisotopic (exact) mass is 342 g/mol. The molecule has 11 heteroatoms. The fourth-order valence-corrected chi connectivity index (χ4v) is 1.90. The predicted molar refractivity (Wildman–Crippen MR) is 77.6 cm³/mol. The van der Waals surface area contributed by atoms with Crippen molar-refractivity contribution in [3.05, 3.63) is 39.6 Å². The number of nitrogens with one attached hydrogen (secondary N) is 2. The quantitative estimate of drug-likeness (QED) is 0.615. The minimum Gasteiger partial charge on any atom is -0.475 e. The van der Waals surface area contributed by atoms with Gasteiger partial charge in [0.25, 0.3) is 5.91 Å². The zero-order valence-corrected chi connectivity index (χ0v) is 12.5. The lowest BCUT2D eigenvalue weighted by Gasteiger charge is -2.12. The Morgan fingerprint density at radius 1 is 1.46 bits per heavy atom. The van der Waals surface area contributed by atoms with Gasteiger partial charge < -0.3 is 14.8 Å². The molecule has 9 nitrogen and oxygen atoms in total. The van der Waals surface area contributed by atoms with E-state index in [2.05, 4.69) is 20.3 Å². The number of anilines is 1. The van der Waals surface area contributed by atoms with Crippen LogP contribution in [0, 0.1) is 17.0 Å².